The lowest BCUT2D eigenvalue weighted by Gasteiger charge is -2.30. The van der Waals surface area contributed by atoms with Crippen molar-refractivity contribution in [2.75, 3.05) is 18.4 Å². The number of hydrogen-bond acceptors (Lipinski definition) is 6. The third kappa shape index (κ3) is 6.27. The molecule has 0 aliphatic carbocycles. The van der Waals surface area contributed by atoms with E-state index in [9.17, 15) is 9.90 Å². The van der Waals surface area contributed by atoms with Crippen molar-refractivity contribution in [3.8, 4) is 0 Å². The molecule has 11 heteroatoms. The van der Waals surface area contributed by atoms with Crippen LogP contribution in [0.1, 0.15) is 64.6 Å². The molecule has 1 amide bonds. The second-order valence-electron chi connectivity index (χ2n) is 11.1. The fraction of sp³-hybridized carbons (Fsp3) is 0.419. The molecule has 3 aliphatic rings. The lowest BCUT2D eigenvalue weighted by Crippen LogP contribution is -2.48. The Morgan fingerprint density at radius 2 is 1.93 bits per heavy atom. The highest BCUT2D eigenvalue weighted by atomic mass is 16.5. The standard InChI is InChI=1S/C31H39BN7O3/c1-5-6-7-8-28(41)25(36-33)17-34-29-15-13-26-31(23-9-11-24(12-10-23)35-22(4)40)27-14-16-30(39(27)32-38(26)29)37-18-20(2)42-21(3)19-37/h9-17,20-21,28,41H,5-8,18-19H2,1-4H3,(H2,33,34,35,40)/p+1. The van der Waals surface area contributed by atoms with Crippen molar-refractivity contribution in [3.05, 3.63) is 65.5 Å². The molecule has 3 aliphatic heterocycles. The number of amides is 1. The molecule has 0 spiro atoms. The van der Waals surface area contributed by atoms with Gasteiger partial charge in [0.1, 0.15) is 30.3 Å². The van der Waals surface area contributed by atoms with Crippen LogP contribution in [0.25, 0.3) is 5.57 Å². The van der Waals surface area contributed by atoms with Crippen molar-refractivity contribution in [1.82, 2.24) is 9.29 Å². The van der Waals surface area contributed by atoms with Gasteiger partial charge in [0, 0.05) is 30.0 Å². The smallest absolute Gasteiger partial charge is 0.387 e. The fourth-order valence-electron chi connectivity index (χ4n) is 5.79. The second-order valence-corrected chi connectivity index (χ2v) is 11.1. The number of amidine groups is 1. The van der Waals surface area contributed by atoms with E-state index in [1.165, 1.54) is 6.92 Å². The van der Waals surface area contributed by atoms with Crippen LogP contribution in [0.3, 0.4) is 0 Å². The van der Waals surface area contributed by atoms with E-state index >= 15 is 0 Å². The molecule has 0 saturated carbocycles. The van der Waals surface area contributed by atoms with Crippen molar-refractivity contribution in [1.29, 1.82) is 0 Å². The number of rotatable bonds is 9. The number of hydrazone groups is 1. The topological polar surface area (TPSA) is 120 Å². The first-order valence-corrected chi connectivity index (χ1v) is 14.7. The number of nitrogens with two attached hydrogens (primary N) is 1. The van der Waals surface area contributed by atoms with Gasteiger partial charge in [0.05, 0.1) is 24.5 Å². The maximum atomic E-state index is 11.6. The molecule has 1 aromatic heterocycles. The van der Waals surface area contributed by atoms with Gasteiger partial charge in [-0.1, -0.05) is 38.3 Å². The van der Waals surface area contributed by atoms with E-state index in [1.54, 1.807) is 6.21 Å². The molecule has 1 saturated heterocycles. The first kappa shape index (κ1) is 29.5. The Labute approximate surface area is 248 Å². The molecule has 3 unspecified atom stereocenters. The number of allylic oxidation sites excluding steroid dienone is 1. The van der Waals surface area contributed by atoms with E-state index in [1.807, 2.05) is 36.4 Å². The van der Waals surface area contributed by atoms with E-state index in [4.69, 9.17) is 15.6 Å². The molecule has 219 valence electrons. The number of hydrogen-bond donors (Lipinski definition) is 3. The van der Waals surface area contributed by atoms with Crippen LogP contribution in [0.5, 0.6) is 0 Å². The summed E-state index contributed by atoms with van der Waals surface area (Å²) in [4.78, 5) is 18.5. The van der Waals surface area contributed by atoms with Crippen LogP contribution in [0.4, 0.5) is 11.5 Å². The SMILES string of the molecule is CCCCCC(O)C(C=Nc1ccc2n1[B]N1C(=C2c2ccc(NC(C)=O)cc2)C=CC1=[N+]1CC(C)OC(C)C1)=NN. The molecule has 3 atom stereocenters. The highest BCUT2D eigenvalue weighted by Gasteiger charge is 2.41. The second kappa shape index (κ2) is 12.9. The number of aromatic nitrogens is 1. The number of aliphatic hydroxyl groups excluding tert-OH is 1. The predicted molar refractivity (Wildman–Crippen MR) is 168 cm³/mol. The van der Waals surface area contributed by atoms with Gasteiger partial charge in [-0.25, -0.2) is 4.99 Å². The fourth-order valence-corrected chi connectivity index (χ4v) is 5.79. The van der Waals surface area contributed by atoms with Gasteiger partial charge in [-0.2, -0.15) is 5.10 Å². The number of anilines is 1. The van der Waals surface area contributed by atoms with Crippen LogP contribution in [-0.4, -0.2) is 81.6 Å². The number of ether oxygens (including phenoxy) is 1. The number of unbranched alkanes of at least 4 members (excludes halogenated alkanes) is 2. The Bertz CT molecular complexity index is 1460. The van der Waals surface area contributed by atoms with Crippen molar-refractivity contribution < 1.29 is 19.2 Å². The number of nitrogens with zero attached hydrogens (tertiary/aromatic N) is 5. The zero-order chi connectivity index (χ0) is 29.8. The average molecular weight is 570 g/mol. The molecule has 1 radical (unpaired) electrons. The summed E-state index contributed by atoms with van der Waals surface area (Å²) in [6.45, 7) is 9.41. The minimum atomic E-state index is -0.762. The van der Waals surface area contributed by atoms with Crippen molar-refractivity contribution >= 4 is 48.3 Å². The Kier molecular flexibility index (Phi) is 9.08. The number of nitrogens with one attached hydrogen (secondary N) is 1. The van der Waals surface area contributed by atoms with Gasteiger partial charge in [-0.15, -0.1) is 0 Å². The van der Waals surface area contributed by atoms with Gasteiger partial charge in [0.2, 0.25) is 5.91 Å². The van der Waals surface area contributed by atoms with Crippen molar-refractivity contribution in [2.45, 2.75) is 71.7 Å². The highest BCUT2D eigenvalue weighted by Crippen LogP contribution is 2.38. The summed E-state index contributed by atoms with van der Waals surface area (Å²) in [6.07, 6.45) is 8.95. The maximum Gasteiger partial charge on any atom is 0.553 e. The zero-order valence-corrected chi connectivity index (χ0v) is 24.8. The molecule has 5 rings (SSSR count). The van der Waals surface area contributed by atoms with Crippen LogP contribution in [0.2, 0.25) is 0 Å². The van der Waals surface area contributed by atoms with Gasteiger partial charge in [-0.05, 0) is 56.2 Å². The Morgan fingerprint density at radius 3 is 2.60 bits per heavy atom. The van der Waals surface area contributed by atoms with Crippen LogP contribution in [0.15, 0.2) is 64.3 Å². The van der Waals surface area contributed by atoms with Crippen LogP contribution < -0.4 is 11.2 Å². The zero-order valence-electron chi connectivity index (χ0n) is 24.8. The summed E-state index contributed by atoms with van der Waals surface area (Å²) >= 11 is 0. The monoisotopic (exact) mass is 569 g/mol. The molecular weight excluding hydrogens is 529 g/mol. The maximum absolute atomic E-state index is 11.6. The van der Waals surface area contributed by atoms with E-state index in [2.05, 4.69) is 64.8 Å². The molecule has 4 N–H and O–H groups in total. The first-order chi connectivity index (χ1) is 20.3. The number of carbonyl (C=O) groups is 1. The molecule has 4 heterocycles. The van der Waals surface area contributed by atoms with Crippen LogP contribution in [-0.2, 0) is 9.53 Å². The molecule has 42 heavy (non-hydrogen) atoms. The Morgan fingerprint density at radius 1 is 1.19 bits per heavy atom. The third-order valence-corrected chi connectivity index (χ3v) is 7.67. The average Bonchev–Trinajstić information content (AvgIpc) is 3.56. The molecule has 1 fully saturated rings. The lowest BCUT2D eigenvalue weighted by molar-refractivity contribution is -0.568. The van der Waals surface area contributed by atoms with Gasteiger partial charge in [0.15, 0.2) is 0 Å². The van der Waals surface area contributed by atoms with E-state index < -0.39 is 6.10 Å². The summed E-state index contributed by atoms with van der Waals surface area (Å²) in [5.74, 6) is 7.29. The first-order valence-electron chi connectivity index (χ1n) is 14.7. The third-order valence-electron chi connectivity index (χ3n) is 7.67. The lowest BCUT2D eigenvalue weighted by atomic mass is 9.91. The minimum Gasteiger partial charge on any atom is -0.387 e. The highest BCUT2D eigenvalue weighted by molar-refractivity contribution is 6.41. The summed E-state index contributed by atoms with van der Waals surface area (Å²) in [7, 11) is 2.06. The summed E-state index contributed by atoms with van der Waals surface area (Å²) in [6, 6.07) is 11.9. The van der Waals surface area contributed by atoms with Crippen molar-refractivity contribution in [2.24, 2.45) is 15.9 Å². The quantitative estimate of drug-likeness (QED) is 0.106. The number of aliphatic imine (C=N–C) groups is 1. The van der Waals surface area contributed by atoms with Gasteiger partial charge >= 0.3 is 7.55 Å². The summed E-state index contributed by atoms with van der Waals surface area (Å²) in [5.41, 5.74) is 5.19. The molecule has 10 nitrogen and oxygen atoms in total. The number of benzene rings is 1. The summed E-state index contributed by atoms with van der Waals surface area (Å²) in [5, 5.41) is 17.3. The number of fused-ring (bicyclic) bond motifs is 2. The normalized spacial score (nSPS) is 21.1. The number of aliphatic hydroxyl groups is 1. The largest absolute Gasteiger partial charge is 0.553 e. The molecule has 2 aromatic rings. The number of morpholine rings is 1. The molecular formula is C31H40BN7O3+. The van der Waals surface area contributed by atoms with Gasteiger partial charge in [-0.3, -0.25) is 14.2 Å². The van der Waals surface area contributed by atoms with E-state index in [0.29, 0.717) is 18.0 Å². The van der Waals surface area contributed by atoms with Crippen LogP contribution in [0, 0.1) is 0 Å². The van der Waals surface area contributed by atoms with Crippen LogP contribution >= 0.6 is 0 Å². The van der Waals surface area contributed by atoms with Gasteiger partial charge < -0.3 is 25.5 Å². The van der Waals surface area contributed by atoms with Crippen molar-refractivity contribution in [3.63, 3.8) is 0 Å². The number of carbonyl (C=O) groups excluding carboxylic acids is 1. The van der Waals surface area contributed by atoms with E-state index in [0.717, 1.165) is 66.4 Å². The van der Waals surface area contributed by atoms with E-state index in [-0.39, 0.29) is 18.1 Å². The van der Waals surface area contributed by atoms with Gasteiger partial charge in [0.25, 0.3) is 5.84 Å². The Hall–Kier alpha value is -3.96. The summed E-state index contributed by atoms with van der Waals surface area (Å²) < 4.78 is 10.4. The molecule has 1 aromatic carbocycles. The minimum absolute atomic E-state index is 0.109. The predicted octanol–water partition coefficient (Wildman–Crippen LogP) is 3.65. The molecule has 0 bridgehead atoms. The Balaban J connectivity index is 1.54.